The Balaban J connectivity index is 2.25. The highest BCUT2D eigenvalue weighted by molar-refractivity contribution is 6.09. The van der Waals surface area contributed by atoms with Gasteiger partial charge in [-0.1, -0.05) is 26.0 Å². The molecule has 1 heterocycles. The predicted molar refractivity (Wildman–Crippen MR) is 113 cm³/mol. The Labute approximate surface area is 167 Å². The van der Waals surface area contributed by atoms with E-state index in [0.717, 1.165) is 17.0 Å². The number of methoxy groups -OCH3 is 1. The SMILES string of the molecule is COCC(C)n1c(C)cc(/C=C(/C#N)C(=O)Nc2ccc(C(C)C)cc2)c1C. The summed E-state index contributed by atoms with van der Waals surface area (Å²) in [6.45, 7) is 10.9. The van der Waals surface area contributed by atoms with E-state index in [-0.39, 0.29) is 11.6 Å². The number of ether oxygens (including phenoxy) is 1. The first-order valence-electron chi connectivity index (χ1n) is 9.49. The molecular weight excluding hydrogens is 350 g/mol. The Hall–Kier alpha value is -2.84. The van der Waals surface area contributed by atoms with Crippen molar-refractivity contribution >= 4 is 17.7 Å². The van der Waals surface area contributed by atoms with E-state index in [1.54, 1.807) is 13.2 Å². The second kappa shape index (κ2) is 9.38. The third kappa shape index (κ3) is 4.90. The summed E-state index contributed by atoms with van der Waals surface area (Å²) in [7, 11) is 1.68. The van der Waals surface area contributed by atoms with Gasteiger partial charge in [-0.3, -0.25) is 4.79 Å². The zero-order chi connectivity index (χ0) is 20.8. The number of aromatic nitrogens is 1. The predicted octanol–water partition coefficient (Wildman–Crippen LogP) is 4.98. The molecule has 0 aliphatic rings. The van der Waals surface area contributed by atoms with E-state index in [4.69, 9.17) is 4.74 Å². The largest absolute Gasteiger partial charge is 0.383 e. The molecule has 1 atom stereocenters. The summed E-state index contributed by atoms with van der Waals surface area (Å²) in [6, 6.07) is 11.9. The van der Waals surface area contributed by atoms with Crippen molar-refractivity contribution in [3.05, 3.63) is 58.4 Å². The van der Waals surface area contributed by atoms with Crippen LogP contribution in [0.2, 0.25) is 0 Å². The molecule has 1 unspecified atom stereocenters. The maximum absolute atomic E-state index is 12.6. The van der Waals surface area contributed by atoms with Gasteiger partial charge in [-0.05, 0) is 62.1 Å². The van der Waals surface area contributed by atoms with Gasteiger partial charge in [0, 0.05) is 24.2 Å². The summed E-state index contributed by atoms with van der Waals surface area (Å²) in [5.41, 5.74) is 4.88. The average Bonchev–Trinajstić information content (AvgIpc) is 2.93. The van der Waals surface area contributed by atoms with Crippen molar-refractivity contribution < 1.29 is 9.53 Å². The number of benzene rings is 1. The number of hydrogen-bond acceptors (Lipinski definition) is 3. The molecule has 2 rings (SSSR count). The van der Waals surface area contributed by atoms with Gasteiger partial charge in [-0.2, -0.15) is 5.26 Å². The molecule has 5 nitrogen and oxygen atoms in total. The van der Waals surface area contributed by atoms with E-state index in [2.05, 4.69) is 30.7 Å². The van der Waals surface area contributed by atoms with Crippen LogP contribution in [0.3, 0.4) is 0 Å². The van der Waals surface area contributed by atoms with Gasteiger partial charge in [0.15, 0.2) is 0 Å². The molecule has 1 aromatic heterocycles. The molecule has 148 valence electrons. The lowest BCUT2D eigenvalue weighted by Crippen LogP contribution is -2.14. The van der Waals surface area contributed by atoms with Crippen molar-refractivity contribution in [1.82, 2.24) is 4.57 Å². The van der Waals surface area contributed by atoms with Crippen LogP contribution in [0.5, 0.6) is 0 Å². The lowest BCUT2D eigenvalue weighted by Gasteiger charge is -2.17. The molecule has 0 bridgehead atoms. The number of nitrogens with one attached hydrogen (secondary N) is 1. The Bertz CT molecular complexity index is 899. The Morgan fingerprint density at radius 2 is 1.89 bits per heavy atom. The number of rotatable bonds is 7. The topological polar surface area (TPSA) is 67.0 Å². The summed E-state index contributed by atoms with van der Waals surface area (Å²) in [4.78, 5) is 12.6. The minimum Gasteiger partial charge on any atom is -0.383 e. The third-order valence-electron chi connectivity index (χ3n) is 4.87. The van der Waals surface area contributed by atoms with Crippen LogP contribution in [0.25, 0.3) is 6.08 Å². The number of anilines is 1. The number of nitrogens with zero attached hydrogens (tertiary/aromatic N) is 2. The van der Waals surface area contributed by atoms with Gasteiger partial charge in [0.25, 0.3) is 5.91 Å². The van der Waals surface area contributed by atoms with Crippen molar-refractivity contribution in [2.45, 2.75) is 46.6 Å². The van der Waals surface area contributed by atoms with Gasteiger partial charge in [-0.15, -0.1) is 0 Å². The van der Waals surface area contributed by atoms with Gasteiger partial charge >= 0.3 is 0 Å². The van der Waals surface area contributed by atoms with Crippen LogP contribution in [0, 0.1) is 25.2 Å². The number of carbonyl (C=O) groups is 1. The van der Waals surface area contributed by atoms with Crippen LogP contribution >= 0.6 is 0 Å². The molecule has 28 heavy (non-hydrogen) atoms. The lowest BCUT2D eigenvalue weighted by molar-refractivity contribution is -0.112. The van der Waals surface area contributed by atoms with Gasteiger partial charge in [0.2, 0.25) is 0 Å². The Morgan fingerprint density at radius 1 is 1.25 bits per heavy atom. The molecule has 0 aliphatic carbocycles. The summed E-state index contributed by atoms with van der Waals surface area (Å²) >= 11 is 0. The fraction of sp³-hybridized carbons (Fsp3) is 0.391. The van der Waals surface area contributed by atoms with Crippen LogP contribution in [-0.4, -0.2) is 24.2 Å². The smallest absolute Gasteiger partial charge is 0.266 e. The normalized spacial score (nSPS) is 12.7. The van der Waals surface area contributed by atoms with E-state index >= 15 is 0 Å². The molecule has 1 amide bonds. The maximum Gasteiger partial charge on any atom is 0.266 e. The zero-order valence-electron chi connectivity index (χ0n) is 17.5. The van der Waals surface area contributed by atoms with E-state index in [9.17, 15) is 10.1 Å². The fourth-order valence-corrected chi connectivity index (χ4v) is 3.40. The second-order valence-corrected chi connectivity index (χ2v) is 7.40. The zero-order valence-corrected chi connectivity index (χ0v) is 17.5. The van der Waals surface area contributed by atoms with E-state index in [1.807, 2.05) is 50.2 Å². The standard InChI is InChI=1S/C23H29N3O2/c1-15(2)19-7-9-22(10-8-19)25-23(27)21(13-24)12-20-11-16(3)26(18(20)5)17(4)14-28-6/h7-12,15,17H,14H2,1-6H3,(H,25,27)/b21-12-. The van der Waals surface area contributed by atoms with Crippen LogP contribution in [0.1, 0.15) is 55.2 Å². The van der Waals surface area contributed by atoms with Crippen molar-refractivity contribution in [2.24, 2.45) is 0 Å². The molecule has 5 heteroatoms. The summed E-state index contributed by atoms with van der Waals surface area (Å²) in [5.74, 6) is 0.0182. The molecule has 0 fully saturated rings. The summed E-state index contributed by atoms with van der Waals surface area (Å²) < 4.78 is 7.41. The summed E-state index contributed by atoms with van der Waals surface area (Å²) in [6.07, 6.45) is 1.65. The minimum atomic E-state index is -0.408. The van der Waals surface area contributed by atoms with Crippen molar-refractivity contribution in [2.75, 3.05) is 19.0 Å². The number of amides is 1. The number of hydrogen-bond donors (Lipinski definition) is 1. The summed E-state index contributed by atoms with van der Waals surface area (Å²) in [5, 5.41) is 12.3. The molecule has 0 saturated carbocycles. The second-order valence-electron chi connectivity index (χ2n) is 7.40. The van der Waals surface area contributed by atoms with Crippen LogP contribution < -0.4 is 5.32 Å². The van der Waals surface area contributed by atoms with Crippen LogP contribution in [-0.2, 0) is 9.53 Å². The molecule has 1 aromatic carbocycles. The number of nitriles is 1. The number of aryl methyl sites for hydroxylation is 1. The van der Waals surface area contributed by atoms with E-state index < -0.39 is 5.91 Å². The molecule has 2 aromatic rings. The highest BCUT2D eigenvalue weighted by atomic mass is 16.5. The highest BCUT2D eigenvalue weighted by Crippen LogP contribution is 2.23. The Kier molecular flexibility index (Phi) is 7.19. The van der Waals surface area contributed by atoms with Crippen molar-refractivity contribution in [3.8, 4) is 6.07 Å². The monoisotopic (exact) mass is 379 g/mol. The first-order chi connectivity index (χ1) is 13.3. The first kappa shape index (κ1) is 21.5. The van der Waals surface area contributed by atoms with Gasteiger partial charge in [0.05, 0.1) is 12.6 Å². The van der Waals surface area contributed by atoms with Crippen LogP contribution in [0.4, 0.5) is 5.69 Å². The molecule has 0 radical (unpaired) electrons. The highest BCUT2D eigenvalue weighted by Gasteiger charge is 2.16. The van der Waals surface area contributed by atoms with E-state index in [0.29, 0.717) is 18.2 Å². The molecular formula is C23H29N3O2. The molecule has 0 saturated heterocycles. The fourth-order valence-electron chi connectivity index (χ4n) is 3.40. The van der Waals surface area contributed by atoms with E-state index in [1.165, 1.54) is 5.56 Å². The maximum atomic E-state index is 12.6. The third-order valence-corrected chi connectivity index (χ3v) is 4.87. The van der Waals surface area contributed by atoms with Crippen molar-refractivity contribution in [3.63, 3.8) is 0 Å². The quantitative estimate of drug-likeness (QED) is 0.545. The molecule has 0 spiro atoms. The van der Waals surface area contributed by atoms with Gasteiger partial charge in [-0.25, -0.2) is 0 Å². The van der Waals surface area contributed by atoms with Gasteiger partial charge in [0.1, 0.15) is 11.6 Å². The van der Waals surface area contributed by atoms with Crippen molar-refractivity contribution in [1.29, 1.82) is 5.26 Å². The Morgan fingerprint density at radius 3 is 2.43 bits per heavy atom. The van der Waals surface area contributed by atoms with Crippen LogP contribution in [0.15, 0.2) is 35.9 Å². The lowest BCUT2D eigenvalue weighted by atomic mass is 10.0. The molecule has 1 N–H and O–H groups in total. The van der Waals surface area contributed by atoms with Gasteiger partial charge < -0.3 is 14.6 Å². The minimum absolute atomic E-state index is 0.0765. The average molecular weight is 380 g/mol. The number of carbonyl (C=O) groups excluding carboxylic acids is 1. The molecule has 0 aliphatic heterocycles. The first-order valence-corrected chi connectivity index (χ1v) is 9.49.